The normalized spacial score (nSPS) is 28.7. The van der Waals surface area contributed by atoms with Crippen molar-refractivity contribution in [1.29, 1.82) is 0 Å². The molecule has 1 atom stereocenters. The quantitative estimate of drug-likeness (QED) is 0.703. The predicted octanol–water partition coefficient (Wildman–Crippen LogP) is 0.340. The average Bonchev–Trinajstić information content (AvgIpc) is 2.84. The third-order valence-corrected chi connectivity index (χ3v) is 4.18. The van der Waals surface area contributed by atoms with Gasteiger partial charge in [0.2, 0.25) is 0 Å². The molecule has 1 aromatic rings. The molecular weight excluding hydrogens is 216 g/mol. The number of hydrogen-bond donors (Lipinski definition) is 0. The molecule has 1 spiro atoms. The topological polar surface area (TPSA) is 41.4 Å². The zero-order valence-electron chi connectivity index (χ0n) is 10.4. The highest BCUT2D eigenvalue weighted by Crippen LogP contribution is 2.39. The van der Waals surface area contributed by atoms with Gasteiger partial charge in [-0.3, -0.25) is 9.48 Å². The number of aryl methyl sites for hydroxylation is 1. The molecule has 2 aliphatic heterocycles. The highest BCUT2D eigenvalue weighted by molar-refractivity contribution is 5.93. The minimum Gasteiger partial charge on any atom is -0.330 e. The fourth-order valence-corrected chi connectivity index (χ4v) is 3.06. The first-order valence-corrected chi connectivity index (χ1v) is 6.11. The average molecular weight is 234 g/mol. The predicted molar refractivity (Wildman–Crippen MR) is 63.7 cm³/mol. The van der Waals surface area contributed by atoms with Crippen molar-refractivity contribution in [3.8, 4) is 0 Å². The minimum atomic E-state index is 0.107. The molecule has 0 bridgehead atoms. The Hall–Kier alpha value is -1.36. The number of amides is 1. The molecule has 92 valence electrons. The van der Waals surface area contributed by atoms with Gasteiger partial charge in [-0.25, -0.2) is 0 Å². The van der Waals surface area contributed by atoms with Gasteiger partial charge in [0.25, 0.3) is 5.91 Å². The van der Waals surface area contributed by atoms with Gasteiger partial charge in [0, 0.05) is 32.9 Å². The van der Waals surface area contributed by atoms with Gasteiger partial charge in [-0.05, 0) is 26.0 Å². The molecule has 2 aliphatic rings. The first-order valence-electron chi connectivity index (χ1n) is 6.11. The van der Waals surface area contributed by atoms with E-state index < -0.39 is 0 Å². The summed E-state index contributed by atoms with van der Waals surface area (Å²) in [5, 5.41) is 4.07. The number of hydrogen-bond acceptors (Lipinski definition) is 3. The summed E-state index contributed by atoms with van der Waals surface area (Å²) in [4.78, 5) is 16.8. The molecule has 5 nitrogen and oxygen atoms in total. The van der Waals surface area contributed by atoms with Crippen LogP contribution in [0.3, 0.4) is 0 Å². The zero-order chi connectivity index (χ0) is 12.0. The Balaban J connectivity index is 1.82. The van der Waals surface area contributed by atoms with Crippen LogP contribution in [-0.2, 0) is 7.05 Å². The molecule has 0 saturated carbocycles. The van der Waals surface area contributed by atoms with Crippen LogP contribution >= 0.6 is 0 Å². The van der Waals surface area contributed by atoms with Gasteiger partial charge >= 0.3 is 0 Å². The monoisotopic (exact) mass is 234 g/mol. The standard InChI is InChI=1S/C12H18N4O/c1-14-7-4-12(9-14)5-8-16(12)11(17)10-3-6-13-15(10)2/h3,6H,4-5,7-9H2,1-2H3. The van der Waals surface area contributed by atoms with Crippen molar-refractivity contribution in [3.05, 3.63) is 18.0 Å². The van der Waals surface area contributed by atoms with Crippen molar-refractivity contribution in [2.75, 3.05) is 26.7 Å². The maximum atomic E-state index is 12.4. The van der Waals surface area contributed by atoms with E-state index in [9.17, 15) is 4.79 Å². The second-order valence-electron chi connectivity index (χ2n) is 5.26. The smallest absolute Gasteiger partial charge is 0.272 e. The number of rotatable bonds is 1. The summed E-state index contributed by atoms with van der Waals surface area (Å²) in [6, 6.07) is 1.80. The van der Waals surface area contributed by atoms with E-state index in [2.05, 4.69) is 17.0 Å². The van der Waals surface area contributed by atoms with E-state index in [1.807, 2.05) is 11.9 Å². The zero-order valence-corrected chi connectivity index (χ0v) is 10.4. The number of likely N-dealkylation sites (tertiary alicyclic amines) is 2. The van der Waals surface area contributed by atoms with E-state index in [1.165, 1.54) is 0 Å². The van der Waals surface area contributed by atoms with Crippen LogP contribution in [0.1, 0.15) is 23.3 Å². The fourth-order valence-electron chi connectivity index (χ4n) is 3.06. The number of carbonyl (C=O) groups is 1. The molecule has 3 heterocycles. The van der Waals surface area contributed by atoms with Crippen LogP contribution in [0, 0.1) is 0 Å². The van der Waals surface area contributed by atoms with Crippen molar-refractivity contribution >= 4 is 5.91 Å². The Morgan fingerprint density at radius 1 is 1.35 bits per heavy atom. The van der Waals surface area contributed by atoms with E-state index in [0.29, 0.717) is 5.69 Å². The highest BCUT2D eigenvalue weighted by Gasteiger charge is 2.51. The van der Waals surface area contributed by atoms with Gasteiger partial charge in [-0.2, -0.15) is 5.10 Å². The van der Waals surface area contributed by atoms with E-state index in [4.69, 9.17) is 0 Å². The summed E-state index contributed by atoms with van der Waals surface area (Å²) < 4.78 is 1.66. The van der Waals surface area contributed by atoms with E-state index >= 15 is 0 Å². The first-order chi connectivity index (χ1) is 8.12. The maximum Gasteiger partial charge on any atom is 0.272 e. The van der Waals surface area contributed by atoms with Crippen LogP contribution in [0.15, 0.2) is 12.3 Å². The Bertz CT molecular complexity index is 455. The molecule has 0 N–H and O–H groups in total. The van der Waals surface area contributed by atoms with Gasteiger partial charge in [0.1, 0.15) is 5.69 Å². The Morgan fingerprint density at radius 3 is 2.59 bits per heavy atom. The third-order valence-electron chi connectivity index (χ3n) is 4.18. The first kappa shape index (κ1) is 10.8. The lowest BCUT2D eigenvalue weighted by Crippen LogP contribution is -2.63. The molecule has 1 amide bonds. The molecular formula is C12H18N4O. The molecule has 1 unspecified atom stereocenters. The number of likely N-dealkylation sites (N-methyl/N-ethyl adjacent to an activating group) is 1. The lowest BCUT2D eigenvalue weighted by atomic mass is 9.83. The summed E-state index contributed by atoms with van der Waals surface area (Å²) in [5.74, 6) is 0.131. The number of aromatic nitrogens is 2. The van der Waals surface area contributed by atoms with Crippen LogP contribution in [0.2, 0.25) is 0 Å². The van der Waals surface area contributed by atoms with Crippen molar-refractivity contribution in [1.82, 2.24) is 19.6 Å². The molecule has 5 heteroatoms. The van der Waals surface area contributed by atoms with Gasteiger partial charge in [0.05, 0.1) is 5.54 Å². The largest absolute Gasteiger partial charge is 0.330 e. The van der Waals surface area contributed by atoms with E-state index in [0.717, 1.165) is 32.5 Å². The SMILES string of the molecule is CN1CCC2(CCN2C(=O)c2ccnn2C)C1. The van der Waals surface area contributed by atoms with Gasteiger partial charge < -0.3 is 9.80 Å². The maximum absolute atomic E-state index is 12.4. The van der Waals surface area contributed by atoms with Crippen LogP contribution in [0.25, 0.3) is 0 Å². The highest BCUT2D eigenvalue weighted by atomic mass is 16.2. The molecule has 3 rings (SSSR count). The molecule has 1 aromatic heterocycles. The van der Waals surface area contributed by atoms with Crippen molar-refractivity contribution < 1.29 is 4.79 Å². The Labute approximate surface area is 101 Å². The van der Waals surface area contributed by atoms with Crippen molar-refractivity contribution in [2.45, 2.75) is 18.4 Å². The Kier molecular flexibility index (Phi) is 2.26. The molecule has 2 saturated heterocycles. The second kappa shape index (κ2) is 3.57. The van der Waals surface area contributed by atoms with Crippen molar-refractivity contribution in [3.63, 3.8) is 0 Å². The van der Waals surface area contributed by atoms with Gasteiger partial charge in [0.15, 0.2) is 0 Å². The van der Waals surface area contributed by atoms with E-state index in [-0.39, 0.29) is 11.4 Å². The van der Waals surface area contributed by atoms with Crippen LogP contribution in [0.5, 0.6) is 0 Å². The molecule has 0 aromatic carbocycles. The van der Waals surface area contributed by atoms with Crippen LogP contribution in [-0.4, -0.2) is 57.7 Å². The molecule has 0 radical (unpaired) electrons. The lowest BCUT2D eigenvalue weighted by Gasteiger charge is -2.50. The van der Waals surface area contributed by atoms with Crippen molar-refractivity contribution in [2.24, 2.45) is 7.05 Å². The summed E-state index contributed by atoms with van der Waals surface area (Å²) in [6.45, 7) is 2.99. The van der Waals surface area contributed by atoms with Crippen LogP contribution < -0.4 is 0 Å². The summed E-state index contributed by atoms with van der Waals surface area (Å²) in [7, 11) is 3.94. The molecule has 17 heavy (non-hydrogen) atoms. The molecule has 0 aliphatic carbocycles. The number of carbonyl (C=O) groups excluding carboxylic acids is 1. The molecule has 2 fully saturated rings. The van der Waals surface area contributed by atoms with Gasteiger partial charge in [-0.1, -0.05) is 0 Å². The van der Waals surface area contributed by atoms with Crippen LogP contribution in [0.4, 0.5) is 0 Å². The fraction of sp³-hybridized carbons (Fsp3) is 0.667. The lowest BCUT2D eigenvalue weighted by molar-refractivity contribution is 0.00238. The van der Waals surface area contributed by atoms with Gasteiger partial charge in [-0.15, -0.1) is 0 Å². The second-order valence-corrected chi connectivity index (χ2v) is 5.26. The third kappa shape index (κ3) is 1.49. The Morgan fingerprint density at radius 2 is 2.12 bits per heavy atom. The summed E-state index contributed by atoms with van der Waals surface area (Å²) in [5.41, 5.74) is 0.800. The van der Waals surface area contributed by atoms with E-state index in [1.54, 1.807) is 16.9 Å². The minimum absolute atomic E-state index is 0.107. The summed E-state index contributed by atoms with van der Waals surface area (Å²) >= 11 is 0. The number of nitrogens with zero attached hydrogens (tertiary/aromatic N) is 4. The summed E-state index contributed by atoms with van der Waals surface area (Å²) in [6.07, 6.45) is 3.93.